The highest BCUT2D eigenvalue weighted by Gasteiger charge is 2.19. The molecule has 1 aromatic rings. The zero-order valence-electron chi connectivity index (χ0n) is 13.8. The first kappa shape index (κ1) is 15.9. The fourth-order valence-corrected chi connectivity index (χ4v) is 2.94. The van der Waals surface area contributed by atoms with Crippen LogP contribution in [-0.2, 0) is 6.42 Å². The molecule has 2 heterocycles. The molecule has 0 amide bonds. The Labute approximate surface area is 127 Å². The van der Waals surface area contributed by atoms with Crippen LogP contribution in [0.4, 0.5) is 0 Å². The molecule has 1 saturated heterocycles. The van der Waals surface area contributed by atoms with E-state index >= 15 is 0 Å². The summed E-state index contributed by atoms with van der Waals surface area (Å²) in [5.74, 6) is 2.72. The Morgan fingerprint density at radius 1 is 1.48 bits per heavy atom. The zero-order chi connectivity index (χ0) is 15.2. The maximum atomic E-state index is 5.21. The van der Waals surface area contributed by atoms with Crippen molar-refractivity contribution in [3.05, 3.63) is 17.0 Å². The molecule has 2 rings (SSSR count). The average molecular weight is 292 g/mol. The van der Waals surface area contributed by atoms with E-state index in [1.165, 1.54) is 18.4 Å². The van der Waals surface area contributed by atoms with E-state index in [0.717, 1.165) is 55.9 Å². The summed E-state index contributed by atoms with van der Waals surface area (Å²) in [5, 5.41) is 7.42. The van der Waals surface area contributed by atoms with Gasteiger partial charge in [-0.1, -0.05) is 12.1 Å². The van der Waals surface area contributed by atoms with Crippen LogP contribution in [0.3, 0.4) is 0 Å². The summed E-state index contributed by atoms with van der Waals surface area (Å²) < 4.78 is 5.21. The van der Waals surface area contributed by atoms with Gasteiger partial charge in [-0.3, -0.25) is 4.99 Å². The molecule has 1 aliphatic rings. The lowest BCUT2D eigenvalue weighted by molar-refractivity contribution is 0.266. The quantitative estimate of drug-likeness (QED) is 0.684. The number of aryl methyl sites for hydroxylation is 2. The Morgan fingerprint density at radius 3 is 2.90 bits per heavy atom. The molecule has 1 fully saturated rings. The summed E-state index contributed by atoms with van der Waals surface area (Å²) in [6.07, 6.45) is 3.48. The van der Waals surface area contributed by atoms with Crippen molar-refractivity contribution in [2.24, 2.45) is 10.9 Å². The second-order valence-electron chi connectivity index (χ2n) is 5.98. The van der Waals surface area contributed by atoms with E-state index in [0.29, 0.717) is 0 Å². The third kappa shape index (κ3) is 4.22. The van der Waals surface area contributed by atoms with Gasteiger partial charge in [0.1, 0.15) is 5.76 Å². The van der Waals surface area contributed by atoms with Crippen molar-refractivity contribution in [3.63, 3.8) is 0 Å². The van der Waals surface area contributed by atoms with Crippen LogP contribution in [0.25, 0.3) is 0 Å². The average Bonchev–Trinajstić information content (AvgIpc) is 2.78. The van der Waals surface area contributed by atoms with Gasteiger partial charge in [0.2, 0.25) is 0 Å². The standard InChI is InChI=1S/C16H28N4O/c1-5-17-16(20-10-6-7-12(2)11-20)18-9-8-15-13(3)19-21-14(15)4/h12H,5-11H2,1-4H3,(H,17,18). The minimum Gasteiger partial charge on any atom is -0.361 e. The topological polar surface area (TPSA) is 53.7 Å². The normalized spacial score (nSPS) is 19.9. The number of hydrogen-bond donors (Lipinski definition) is 1. The molecule has 5 nitrogen and oxygen atoms in total. The van der Waals surface area contributed by atoms with Crippen LogP contribution in [0.15, 0.2) is 9.52 Å². The Hall–Kier alpha value is -1.52. The molecule has 0 aliphatic carbocycles. The van der Waals surface area contributed by atoms with Gasteiger partial charge in [-0.2, -0.15) is 0 Å². The SMILES string of the molecule is CCNC(=NCCc1c(C)noc1C)N1CCCC(C)C1. The van der Waals surface area contributed by atoms with E-state index in [9.17, 15) is 0 Å². The second kappa shape index (κ2) is 7.48. The van der Waals surface area contributed by atoms with Gasteiger partial charge in [-0.05, 0) is 46.0 Å². The molecular formula is C16H28N4O. The Bertz CT molecular complexity index is 461. The van der Waals surface area contributed by atoms with Crippen molar-refractivity contribution in [2.45, 2.75) is 47.0 Å². The second-order valence-corrected chi connectivity index (χ2v) is 5.98. The largest absolute Gasteiger partial charge is 0.361 e. The number of aromatic nitrogens is 1. The number of hydrogen-bond acceptors (Lipinski definition) is 3. The highest BCUT2D eigenvalue weighted by molar-refractivity contribution is 5.80. The third-order valence-corrected chi connectivity index (χ3v) is 4.10. The molecule has 0 bridgehead atoms. The number of piperidine rings is 1. The minimum absolute atomic E-state index is 0.755. The lowest BCUT2D eigenvalue weighted by atomic mass is 10.0. The van der Waals surface area contributed by atoms with Gasteiger partial charge in [-0.15, -0.1) is 0 Å². The molecule has 1 aliphatic heterocycles. The van der Waals surface area contributed by atoms with Gasteiger partial charge in [-0.25, -0.2) is 0 Å². The molecule has 21 heavy (non-hydrogen) atoms. The highest BCUT2D eigenvalue weighted by Crippen LogP contribution is 2.16. The van der Waals surface area contributed by atoms with Gasteiger partial charge in [0.05, 0.1) is 5.69 Å². The summed E-state index contributed by atoms with van der Waals surface area (Å²) in [7, 11) is 0. The van der Waals surface area contributed by atoms with E-state index in [2.05, 4.69) is 29.2 Å². The van der Waals surface area contributed by atoms with Crippen molar-refractivity contribution in [3.8, 4) is 0 Å². The molecule has 5 heteroatoms. The molecule has 1 unspecified atom stereocenters. The van der Waals surface area contributed by atoms with Crippen LogP contribution in [0, 0.1) is 19.8 Å². The van der Waals surface area contributed by atoms with Gasteiger partial charge in [0.25, 0.3) is 0 Å². The predicted molar refractivity (Wildman–Crippen MR) is 85.6 cm³/mol. The Balaban J connectivity index is 1.97. The van der Waals surface area contributed by atoms with Gasteiger partial charge >= 0.3 is 0 Å². The van der Waals surface area contributed by atoms with Crippen molar-refractivity contribution < 1.29 is 4.52 Å². The molecule has 1 atom stereocenters. The van der Waals surface area contributed by atoms with E-state index in [1.807, 2.05) is 13.8 Å². The third-order valence-electron chi connectivity index (χ3n) is 4.10. The molecule has 0 radical (unpaired) electrons. The summed E-state index contributed by atoms with van der Waals surface area (Å²) in [6, 6.07) is 0. The molecular weight excluding hydrogens is 264 g/mol. The van der Waals surface area contributed by atoms with Crippen molar-refractivity contribution in [2.75, 3.05) is 26.2 Å². The van der Waals surface area contributed by atoms with Crippen LogP contribution in [0.1, 0.15) is 43.7 Å². The smallest absolute Gasteiger partial charge is 0.193 e. The number of guanidine groups is 1. The van der Waals surface area contributed by atoms with Gasteiger partial charge < -0.3 is 14.7 Å². The fourth-order valence-electron chi connectivity index (χ4n) is 2.94. The van der Waals surface area contributed by atoms with Crippen LogP contribution < -0.4 is 5.32 Å². The predicted octanol–water partition coefficient (Wildman–Crippen LogP) is 2.53. The molecule has 0 saturated carbocycles. The maximum absolute atomic E-state index is 5.21. The first-order chi connectivity index (χ1) is 10.1. The fraction of sp³-hybridized carbons (Fsp3) is 0.750. The number of nitrogens with zero attached hydrogens (tertiary/aromatic N) is 3. The number of aliphatic imine (C=N–C) groups is 1. The van der Waals surface area contributed by atoms with Crippen LogP contribution in [0.2, 0.25) is 0 Å². The lowest BCUT2D eigenvalue weighted by Gasteiger charge is -2.33. The number of likely N-dealkylation sites (tertiary alicyclic amines) is 1. The van der Waals surface area contributed by atoms with Gasteiger partial charge in [0.15, 0.2) is 5.96 Å². The first-order valence-corrected chi connectivity index (χ1v) is 8.06. The number of rotatable bonds is 4. The summed E-state index contributed by atoms with van der Waals surface area (Å²) in [6.45, 7) is 12.3. The van der Waals surface area contributed by atoms with Crippen molar-refractivity contribution in [1.29, 1.82) is 0 Å². The number of nitrogens with one attached hydrogen (secondary N) is 1. The van der Waals surface area contributed by atoms with Gasteiger partial charge in [0, 0.05) is 31.7 Å². The van der Waals surface area contributed by atoms with E-state index in [4.69, 9.17) is 9.52 Å². The Morgan fingerprint density at radius 2 is 2.29 bits per heavy atom. The molecule has 1 aromatic heterocycles. The highest BCUT2D eigenvalue weighted by atomic mass is 16.5. The van der Waals surface area contributed by atoms with E-state index in [1.54, 1.807) is 0 Å². The molecule has 1 N–H and O–H groups in total. The first-order valence-electron chi connectivity index (χ1n) is 8.06. The van der Waals surface area contributed by atoms with Crippen LogP contribution in [0.5, 0.6) is 0 Å². The minimum atomic E-state index is 0.755. The Kier molecular flexibility index (Phi) is 5.65. The monoisotopic (exact) mass is 292 g/mol. The summed E-state index contributed by atoms with van der Waals surface area (Å²) in [5.41, 5.74) is 2.18. The van der Waals surface area contributed by atoms with E-state index in [-0.39, 0.29) is 0 Å². The lowest BCUT2D eigenvalue weighted by Crippen LogP contribution is -2.46. The van der Waals surface area contributed by atoms with Crippen molar-refractivity contribution in [1.82, 2.24) is 15.4 Å². The zero-order valence-corrected chi connectivity index (χ0v) is 13.8. The van der Waals surface area contributed by atoms with Crippen LogP contribution in [-0.4, -0.2) is 42.2 Å². The summed E-state index contributed by atoms with van der Waals surface area (Å²) in [4.78, 5) is 7.18. The molecule has 0 aromatic carbocycles. The maximum Gasteiger partial charge on any atom is 0.193 e. The summed E-state index contributed by atoms with van der Waals surface area (Å²) >= 11 is 0. The van der Waals surface area contributed by atoms with Crippen LogP contribution >= 0.6 is 0 Å². The van der Waals surface area contributed by atoms with E-state index < -0.39 is 0 Å². The van der Waals surface area contributed by atoms with Crippen molar-refractivity contribution >= 4 is 5.96 Å². The molecule has 0 spiro atoms. The molecule has 118 valence electrons.